The predicted molar refractivity (Wildman–Crippen MR) is 84.2 cm³/mol. The third-order valence-electron chi connectivity index (χ3n) is 2.51. The molecule has 0 radical (unpaired) electrons. The molecule has 0 atom stereocenters. The number of hydrogen-bond donors (Lipinski definition) is 0. The van der Waals surface area contributed by atoms with Gasteiger partial charge in [0.05, 0.1) is 26.0 Å². The van der Waals surface area contributed by atoms with Gasteiger partial charge in [-0.25, -0.2) is 13.4 Å². The normalized spacial score (nSPS) is 12.5. The summed E-state index contributed by atoms with van der Waals surface area (Å²) in [7, 11) is 7.86. The Labute approximate surface area is 128 Å². The fourth-order valence-electron chi connectivity index (χ4n) is 1.80. The first-order valence-corrected chi connectivity index (χ1v) is 7.79. The van der Waals surface area contributed by atoms with Crippen LogP contribution in [-0.2, 0) is 10.1 Å². The van der Waals surface area contributed by atoms with Crippen LogP contribution in [0, 0.1) is 6.92 Å². The van der Waals surface area contributed by atoms with Gasteiger partial charge >= 0.3 is 0 Å². The van der Waals surface area contributed by atoms with E-state index in [-0.39, 0.29) is 4.90 Å². The monoisotopic (exact) mass is 315 g/mol. The third-order valence-corrected chi connectivity index (χ3v) is 3.36. The molecular weight excluding hydrogens is 290 g/mol. The quantitative estimate of drug-likeness (QED) is 0.337. The second-order valence-corrected chi connectivity index (χ2v) is 7.08. The van der Waals surface area contributed by atoms with Crippen LogP contribution in [0.25, 0.3) is 0 Å². The van der Waals surface area contributed by atoms with Crippen LogP contribution in [0.3, 0.4) is 0 Å². The molecule has 0 saturated heterocycles. The van der Waals surface area contributed by atoms with E-state index >= 15 is 0 Å². The lowest BCUT2D eigenvalue weighted by Crippen LogP contribution is -2.48. The number of nitrogens with zero attached hydrogens (tertiary/aromatic N) is 3. The second-order valence-electron chi connectivity index (χ2n) is 5.70. The minimum atomic E-state index is -4.27. The van der Waals surface area contributed by atoms with E-state index < -0.39 is 10.1 Å². The first-order valence-electron chi connectivity index (χ1n) is 6.38. The Balaban J connectivity index is 0.000000384. The number of hydrogen-bond acceptors (Lipinski definition) is 4. The van der Waals surface area contributed by atoms with Gasteiger partial charge in [0, 0.05) is 21.1 Å². The van der Waals surface area contributed by atoms with Crippen molar-refractivity contribution in [1.29, 1.82) is 0 Å². The molecule has 0 unspecified atom stereocenters. The molecule has 1 aromatic carbocycles. The average Bonchev–Trinajstić information content (AvgIpc) is 2.27. The van der Waals surface area contributed by atoms with Crippen molar-refractivity contribution in [1.82, 2.24) is 4.90 Å². The number of quaternary nitrogens is 1. The highest BCUT2D eigenvalue weighted by molar-refractivity contribution is 7.85. The Morgan fingerprint density at radius 3 is 1.76 bits per heavy atom. The van der Waals surface area contributed by atoms with E-state index in [0.29, 0.717) is 0 Å². The van der Waals surface area contributed by atoms with Crippen LogP contribution in [0.2, 0.25) is 0 Å². The highest BCUT2D eigenvalue weighted by atomic mass is 32.2. The molecule has 7 heteroatoms. The minimum absolute atomic E-state index is 0.178. The van der Waals surface area contributed by atoms with Crippen LogP contribution >= 0.6 is 0 Å². The first kappa shape index (κ1) is 19.6. The Kier molecular flexibility index (Phi) is 7.02. The highest BCUT2D eigenvalue weighted by Crippen LogP contribution is 2.08. The van der Waals surface area contributed by atoms with Crippen molar-refractivity contribution >= 4 is 16.1 Å². The zero-order valence-electron chi connectivity index (χ0n) is 13.8. The van der Waals surface area contributed by atoms with Crippen LogP contribution < -0.4 is 0 Å². The smallest absolute Gasteiger partial charge is 0.298 e. The third kappa shape index (κ3) is 7.22. The molecule has 0 spiro atoms. The van der Waals surface area contributed by atoms with E-state index in [0.717, 1.165) is 16.0 Å². The van der Waals surface area contributed by atoms with E-state index in [9.17, 15) is 13.0 Å². The van der Waals surface area contributed by atoms with Gasteiger partial charge in [0.15, 0.2) is 0 Å². The molecule has 6 nitrogen and oxygen atoms in total. The van der Waals surface area contributed by atoms with E-state index in [1.54, 1.807) is 12.1 Å². The maximum absolute atomic E-state index is 10.4. The number of rotatable bonds is 1. The number of benzene rings is 1. The van der Waals surface area contributed by atoms with Crippen molar-refractivity contribution in [2.75, 3.05) is 42.3 Å². The molecule has 0 aromatic heterocycles. The summed E-state index contributed by atoms with van der Waals surface area (Å²) in [5, 5.41) is 0. The summed E-state index contributed by atoms with van der Waals surface area (Å²) in [4.78, 5) is 6.02. The number of aryl methyl sites for hydroxylation is 1. The zero-order chi connectivity index (χ0) is 16.8. The maximum atomic E-state index is 10.4. The van der Waals surface area contributed by atoms with Gasteiger partial charge in [0.25, 0.3) is 5.96 Å². The molecule has 0 saturated carbocycles. The number of guanidine groups is 1. The van der Waals surface area contributed by atoms with Crippen LogP contribution in [0.15, 0.2) is 34.2 Å². The van der Waals surface area contributed by atoms with E-state index in [2.05, 4.69) is 26.1 Å². The van der Waals surface area contributed by atoms with Crippen molar-refractivity contribution in [2.24, 2.45) is 4.99 Å². The van der Waals surface area contributed by atoms with Crippen LogP contribution in [0.5, 0.6) is 0 Å². The summed E-state index contributed by atoms with van der Waals surface area (Å²) >= 11 is 0. The molecule has 0 fully saturated rings. The van der Waals surface area contributed by atoms with E-state index in [4.69, 9.17) is 0 Å². The van der Waals surface area contributed by atoms with Gasteiger partial charge in [-0.3, -0.25) is 4.48 Å². The van der Waals surface area contributed by atoms with Crippen LogP contribution in [0.1, 0.15) is 5.56 Å². The topological polar surface area (TPSA) is 72.8 Å². The first-order chi connectivity index (χ1) is 9.39. The Morgan fingerprint density at radius 2 is 1.57 bits per heavy atom. The van der Waals surface area contributed by atoms with E-state index in [1.807, 2.05) is 33.0 Å². The van der Waals surface area contributed by atoms with Gasteiger partial charge in [-0.1, -0.05) is 17.7 Å². The zero-order valence-corrected chi connectivity index (χ0v) is 14.6. The van der Waals surface area contributed by atoms with Gasteiger partial charge < -0.3 is 9.45 Å². The lowest BCUT2D eigenvalue weighted by Gasteiger charge is -2.28. The molecule has 0 heterocycles. The summed E-state index contributed by atoms with van der Waals surface area (Å²) in [6, 6.07) is 5.78. The fourth-order valence-corrected chi connectivity index (χ4v) is 2.27. The molecule has 0 aliphatic carbocycles. The van der Waals surface area contributed by atoms with Crippen molar-refractivity contribution in [3.05, 3.63) is 29.8 Å². The lowest BCUT2D eigenvalue weighted by molar-refractivity contribution is -0.782. The summed E-state index contributed by atoms with van der Waals surface area (Å²) in [6.07, 6.45) is 0. The molecule has 120 valence electrons. The molecular formula is C14H25N3O3S. The molecule has 0 aliphatic heterocycles. The highest BCUT2D eigenvalue weighted by Gasteiger charge is 2.18. The molecule has 0 bridgehead atoms. The summed E-state index contributed by atoms with van der Waals surface area (Å²) in [5.74, 6) is 1.07. The largest absolute Gasteiger partial charge is 0.744 e. The summed E-state index contributed by atoms with van der Waals surface area (Å²) in [6.45, 7) is 1.82. The van der Waals surface area contributed by atoms with Crippen molar-refractivity contribution < 1.29 is 17.5 Å². The molecule has 1 rings (SSSR count). The van der Waals surface area contributed by atoms with Crippen LogP contribution in [-0.4, -0.2) is 70.6 Å². The van der Waals surface area contributed by atoms with Gasteiger partial charge in [-0.15, -0.1) is 0 Å². The fraction of sp³-hybridized carbons (Fsp3) is 0.500. The Hall–Kier alpha value is -1.44. The Bertz CT molecular complexity index is 570. The van der Waals surface area contributed by atoms with Gasteiger partial charge in [-0.05, 0) is 19.1 Å². The summed E-state index contributed by atoms with van der Waals surface area (Å²) in [5.41, 5.74) is 0.928. The predicted octanol–water partition coefficient (Wildman–Crippen LogP) is 1.14. The van der Waals surface area contributed by atoms with Gasteiger partial charge in [0.2, 0.25) is 0 Å². The minimum Gasteiger partial charge on any atom is -0.744 e. The van der Waals surface area contributed by atoms with Crippen molar-refractivity contribution in [3.63, 3.8) is 0 Å². The Morgan fingerprint density at radius 1 is 1.14 bits per heavy atom. The SMILES string of the molecule is CN=C(N(C)C)[N+](C)(C)C.Cc1ccc(S(=O)(=O)[O-])cc1. The lowest BCUT2D eigenvalue weighted by atomic mass is 10.2. The molecule has 0 amide bonds. The molecule has 0 aliphatic rings. The number of aliphatic imine (C=N–C) groups is 1. The summed E-state index contributed by atoms with van der Waals surface area (Å²) < 4.78 is 31.9. The van der Waals surface area contributed by atoms with Crippen molar-refractivity contribution in [2.45, 2.75) is 11.8 Å². The average molecular weight is 315 g/mol. The standard InChI is InChI=1S/C7H18N3.C7H8O3S/c1-8-7(9(2)3)10(4,5)6;1-6-2-4-7(5-3-6)11(8,9)10/h1-6H3;2-5H,1H3,(H,8,9,10)/q+1;/p-1. The molecule has 21 heavy (non-hydrogen) atoms. The molecule has 0 N–H and O–H groups in total. The maximum Gasteiger partial charge on any atom is 0.298 e. The van der Waals surface area contributed by atoms with Crippen molar-refractivity contribution in [3.8, 4) is 0 Å². The van der Waals surface area contributed by atoms with E-state index in [1.165, 1.54) is 12.1 Å². The van der Waals surface area contributed by atoms with Gasteiger partial charge in [0.1, 0.15) is 10.1 Å². The van der Waals surface area contributed by atoms with Crippen LogP contribution in [0.4, 0.5) is 0 Å². The molecule has 1 aromatic rings. The van der Waals surface area contributed by atoms with Gasteiger partial charge in [-0.2, -0.15) is 0 Å². The second kappa shape index (κ2) is 7.53.